The first-order valence-corrected chi connectivity index (χ1v) is 12.3. The van der Waals surface area contributed by atoms with E-state index < -0.39 is 10.0 Å². The van der Waals surface area contributed by atoms with E-state index in [0.29, 0.717) is 49.6 Å². The lowest BCUT2D eigenvalue weighted by atomic mass is 10.2. The van der Waals surface area contributed by atoms with Crippen molar-refractivity contribution in [1.29, 1.82) is 0 Å². The Morgan fingerprint density at radius 2 is 1.76 bits per heavy atom. The monoisotopic (exact) mass is 463 g/mol. The fourth-order valence-corrected chi connectivity index (χ4v) is 5.87. The number of para-hydroxylation sites is 1. The number of rotatable bonds is 4. The number of nitrogens with zero attached hydrogens (tertiary/aromatic N) is 5. The van der Waals surface area contributed by atoms with E-state index in [0.717, 1.165) is 16.5 Å². The maximum absolute atomic E-state index is 13.4. The number of sulfonamides is 1. The van der Waals surface area contributed by atoms with E-state index in [1.807, 2.05) is 38.1 Å². The molecule has 5 rings (SSSR count). The second kappa shape index (κ2) is 8.33. The van der Waals surface area contributed by atoms with E-state index in [9.17, 15) is 13.2 Å². The van der Waals surface area contributed by atoms with E-state index in [-0.39, 0.29) is 10.5 Å². The van der Waals surface area contributed by atoms with Gasteiger partial charge < -0.3 is 0 Å². The van der Waals surface area contributed by atoms with E-state index >= 15 is 0 Å². The number of fused-ring (bicyclic) bond motifs is 2. The van der Waals surface area contributed by atoms with Crippen LogP contribution < -0.4 is 5.56 Å². The van der Waals surface area contributed by atoms with Crippen molar-refractivity contribution in [2.24, 2.45) is 0 Å². The van der Waals surface area contributed by atoms with Crippen LogP contribution in [-0.2, 0) is 16.6 Å². The van der Waals surface area contributed by atoms with Crippen LogP contribution in [0.3, 0.4) is 0 Å². The second-order valence-electron chi connectivity index (χ2n) is 8.54. The molecule has 0 saturated carbocycles. The Morgan fingerprint density at radius 1 is 0.970 bits per heavy atom. The molecule has 4 aromatic rings. The minimum atomic E-state index is -3.66. The van der Waals surface area contributed by atoms with Crippen LogP contribution in [0, 0.1) is 13.8 Å². The summed E-state index contributed by atoms with van der Waals surface area (Å²) in [6.45, 7) is 6.24. The van der Waals surface area contributed by atoms with Gasteiger partial charge in [0.15, 0.2) is 0 Å². The summed E-state index contributed by atoms with van der Waals surface area (Å²) in [5.41, 5.74) is 3.67. The zero-order valence-electron chi connectivity index (χ0n) is 18.6. The Hall–Kier alpha value is -3.14. The van der Waals surface area contributed by atoms with Gasteiger partial charge in [-0.25, -0.2) is 13.4 Å². The summed E-state index contributed by atoms with van der Waals surface area (Å²) in [4.78, 5) is 23.8. The standard InChI is InChI=1S/C24H25N5O3S/c1-17-6-7-22-26-20(13-23(30)29(22)15-17)16-27-8-10-28(11-9-27)33(31,32)21-5-3-4-19-12-18(2)14-25-24(19)21/h3-7,12-15H,8-11,16H2,1-2H3. The quantitative estimate of drug-likeness (QED) is 0.462. The molecule has 8 nitrogen and oxygen atoms in total. The minimum absolute atomic E-state index is 0.112. The lowest BCUT2D eigenvalue weighted by molar-refractivity contribution is 0.180. The van der Waals surface area contributed by atoms with E-state index in [1.165, 1.54) is 4.31 Å². The van der Waals surface area contributed by atoms with E-state index in [2.05, 4.69) is 14.9 Å². The van der Waals surface area contributed by atoms with Crippen LogP contribution in [0.25, 0.3) is 16.6 Å². The van der Waals surface area contributed by atoms with Gasteiger partial charge in [0.25, 0.3) is 5.56 Å². The van der Waals surface area contributed by atoms with Crippen molar-refractivity contribution in [3.8, 4) is 0 Å². The summed E-state index contributed by atoms with van der Waals surface area (Å²) in [6.07, 6.45) is 3.47. The number of pyridine rings is 2. The molecule has 1 saturated heterocycles. The Bertz CT molecular complexity index is 1520. The minimum Gasteiger partial charge on any atom is -0.295 e. The van der Waals surface area contributed by atoms with Crippen LogP contribution in [0.1, 0.15) is 16.8 Å². The number of hydrogen-bond donors (Lipinski definition) is 0. The molecule has 0 unspecified atom stereocenters. The van der Waals surface area contributed by atoms with Gasteiger partial charge >= 0.3 is 0 Å². The normalized spacial score (nSPS) is 15.9. The van der Waals surface area contributed by atoms with Gasteiger partial charge in [0.05, 0.1) is 11.2 Å². The average molecular weight is 464 g/mol. The highest BCUT2D eigenvalue weighted by Crippen LogP contribution is 2.25. The molecule has 0 amide bonds. The SMILES string of the molecule is Cc1cnc2c(S(=O)(=O)N3CCN(Cc4cc(=O)n5cc(C)ccc5n4)CC3)cccc2c1. The Labute approximate surface area is 192 Å². The van der Waals surface area contributed by atoms with Crippen LogP contribution in [-0.4, -0.2) is 58.2 Å². The highest BCUT2D eigenvalue weighted by atomic mass is 32.2. The van der Waals surface area contributed by atoms with Crippen LogP contribution >= 0.6 is 0 Å². The van der Waals surface area contributed by atoms with Gasteiger partial charge in [-0.3, -0.25) is 19.1 Å². The highest BCUT2D eigenvalue weighted by molar-refractivity contribution is 7.89. The third kappa shape index (κ3) is 4.15. The number of piperazine rings is 1. The Kier molecular flexibility index (Phi) is 5.48. The molecule has 1 aliphatic rings. The average Bonchev–Trinajstić information content (AvgIpc) is 2.79. The topological polar surface area (TPSA) is 87.9 Å². The van der Waals surface area contributed by atoms with Gasteiger partial charge in [-0.05, 0) is 43.2 Å². The van der Waals surface area contributed by atoms with Gasteiger partial charge in [-0.2, -0.15) is 4.31 Å². The van der Waals surface area contributed by atoms with Crippen molar-refractivity contribution < 1.29 is 8.42 Å². The number of aryl methyl sites for hydroxylation is 2. The molecule has 0 radical (unpaired) electrons. The van der Waals surface area contributed by atoms with Crippen LogP contribution in [0.2, 0.25) is 0 Å². The Balaban J connectivity index is 1.33. The molecular formula is C24H25N5O3S. The molecule has 0 aliphatic carbocycles. The molecule has 9 heteroatoms. The molecule has 3 aromatic heterocycles. The molecule has 1 aliphatic heterocycles. The molecule has 1 aromatic carbocycles. The molecule has 0 N–H and O–H groups in total. The second-order valence-corrected chi connectivity index (χ2v) is 10.4. The summed E-state index contributed by atoms with van der Waals surface area (Å²) < 4.78 is 29.8. The fraction of sp³-hybridized carbons (Fsp3) is 0.292. The first-order valence-electron chi connectivity index (χ1n) is 10.9. The van der Waals surface area contributed by atoms with E-state index in [4.69, 9.17) is 0 Å². The van der Waals surface area contributed by atoms with Crippen LogP contribution in [0.5, 0.6) is 0 Å². The lowest BCUT2D eigenvalue weighted by Gasteiger charge is -2.33. The van der Waals surface area contributed by atoms with Crippen molar-refractivity contribution in [3.63, 3.8) is 0 Å². The predicted molar refractivity (Wildman–Crippen MR) is 127 cm³/mol. The molecular weight excluding hydrogens is 438 g/mol. The van der Waals surface area contributed by atoms with Crippen LogP contribution in [0.15, 0.2) is 64.5 Å². The summed E-state index contributed by atoms with van der Waals surface area (Å²) >= 11 is 0. The number of hydrogen-bond acceptors (Lipinski definition) is 6. The largest absolute Gasteiger partial charge is 0.295 e. The molecule has 33 heavy (non-hydrogen) atoms. The molecule has 0 spiro atoms. The molecule has 170 valence electrons. The summed E-state index contributed by atoms with van der Waals surface area (Å²) in [5.74, 6) is 0. The maximum Gasteiger partial charge on any atom is 0.258 e. The zero-order valence-corrected chi connectivity index (χ0v) is 19.4. The first kappa shape index (κ1) is 21.7. The molecule has 1 fully saturated rings. The smallest absolute Gasteiger partial charge is 0.258 e. The van der Waals surface area contributed by atoms with Crippen molar-refractivity contribution in [3.05, 3.63) is 82.0 Å². The van der Waals surface area contributed by atoms with Crippen molar-refractivity contribution in [2.45, 2.75) is 25.3 Å². The third-order valence-corrected chi connectivity index (χ3v) is 7.94. The highest BCUT2D eigenvalue weighted by Gasteiger charge is 2.30. The third-order valence-electron chi connectivity index (χ3n) is 6.01. The van der Waals surface area contributed by atoms with Crippen molar-refractivity contribution in [2.75, 3.05) is 26.2 Å². The summed E-state index contributed by atoms with van der Waals surface area (Å²) in [6, 6.07) is 12.5. The maximum atomic E-state index is 13.4. The van der Waals surface area contributed by atoms with Gasteiger partial charge in [0.1, 0.15) is 10.5 Å². The van der Waals surface area contributed by atoms with Crippen molar-refractivity contribution in [1.82, 2.24) is 23.6 Å². The molecule has 0 atom stereocenters. The lowest BCUT2D eigenvalue weighted by Crippen LogP contribution is -2.48. The number of benzene rings is 1. The number of aromatic nitrogens is 3. The van der Waals surface area contributed by atoms with Crippen molar-refractivity contribution >= 4 is 26.6 Å². The first-order chi connectivity index (χ1) is 15.8. The van der Waals surface area contributed by atoms with Gasteiger partial charge in [0.2, 0.25) is 10.0 Å². The van der Waals surface area contributed by atoms with Gasteiger partial charge in [0, 0.05) is 56.6 Å². The fourth-order valence-electron chi connectivity index (χ4n) is 4.29. The summed E-state index contributed by atoms with van der Waals surface area (Å²) in [5, 5.41) is 0.818. The Morgan fingerprint density at radius 3 is 2.55 bits per heavy atom. The zero-order chi connectivity index (χ0) is 23.2. The predicted octanol–water partition coefficient (Wildman–Crippen LogP) is 2.37. The molecule has 4 heterocycles. The van der Waals surface area contributed by atoms with E-state index in [1.54, 1.807) is 35.0 Å². The van der Waals surface area contributed by atoms with Gasteiger partial charge in [-0.15, -0.1) is 0 Å². The summed E-state index contributed by atoms with van der Waals surface area (Å²) in [7, 11) is -3.66. The van der Waals surface area contributed by atoms with Crippen LogP contribution in [0.4, 0.5) is 0 Å². The molecule has 0 bridgehead atoms. The van der Waals surface area contributed by atoms with Gasteiger partial charge in [-0.1, -0.05) is 18.2 Å².